The zero-order valence-corrected chi connectivity index (χ0v) is 12.7. The summed E-state index contributed by atoms with van der Waals surface area (Å²) in [6.07, 6.45) is 5.55. The highest BCUT2D eigenvalue weighted by Crippen LogP contribution is 2.35. The zero-order chi connectivity index (χ0) is 13.5. The Morgan fingerprint density at radius 2 is 2.05 bits per heavy atom. The Balaban J connectivity index is 1.65. The van der Waals surface area contributed by atoms with Crippen molar-refractivity contribution in [2.24, 2.45) is 5.92 Å². The first-order valence-corrected chi connectivity index (χ1v) is 9.50. The van der Waals surface area contributed by atoms with E-state index < -0.39 is 9.84 Å². The van der Waals surface area contributed by atoms with E-state index in [2.05, 4.69) is 17.1 Å². The smallest absolute Gasteiger partial charge is 0.154 e. The fourth-order valence-corrected chi connectivity index (χ4v) is 5.49. The van der Waals surface area contributed by atoms with Crippen LogP contribution in [-0.4, -0.2) is 56.0 Å². The number of nitrogens with one attached hydrogen (secondary N) is 1. The molecule has 5 heteroatoms. The van der Waals surface area contributed by atoms with Crippen molar-refractivity contribution in [3.05, 3.63) is 0 Å². The summed E-state index contributed by atoms with van der Waals surface area (Å²) in [5.74, 6) is 1.26. The molecule has 1 aliphatic carbocycles. The highest BCUT2D eigenvalue weighted by molar-refractivity contribution is 7.92. The summed E-state index contributed by atoms with van der Waals surface area (Å²) in [6, 6.07) is 1.12. The van der Waals surface area contributed by atoms with Gasteiger partial charge in [-0.25, -0.2) is 8.42 Å². The molecule has 0 aromatic rings. The van der Waals surface area contributed by atoms with Crippen LogP contribution >= 0.6 is 0 Å². The van der Waals surface area contributed by atoms with Gasteiger partial charge in [-0.3, -0.25) is 4.90 Å². The van der Waals surface area contributed by atoms with Gasteiger partial charge in [0, 0.05) is 31.7 Å². The van der Waals surface area contributed by atoms with Gasteiger partial charge in [-0.2, -0.15) is 0 Å². The van der Waals surface area contributed by atoms with Gasteiger partial charge in [0.15, 0.2) is 9.84 Å². The molecular weight excluding hydrogens is 260 g/mol. The highest BCUT2D eigenvalue weighted by Gasteiger charge is 2.39. The summed E-state index contributed by atoms with van der Waals surface area (Å²) in [5.41, 5.74) is 0. The molecule has 3 rings (SSSR count). The van der Waals surface area contributed by atoms with Gasteiger partial charge in [0.25, 0.3) is 0 Å². The third-order valence-corrected chi connectivity index (χ3v) is 7.38. The molecule has 2 aliphatic heterocycles. The maximum atomic E-state index is 12.0. The molecule has 0 spiro atoms. The lowest BCUT2D eigenvalue weighted by Gasteiger charge is -2.41. The Bertz CT molecular complexity index is 419. The standard InChI is InChI=1S/C14H26N2O2S/c1-2-12-8-15-14(11-5-6-11)10-16(12)9-13-4-3-7-19(13,17)18/h11-15H,2-10H2,1H3. The first kappa shape index (κ1) is 13.8. The predicted molar refractivity (Wildman–Crippen MR) is 77.0 cm³/mol. The molecule has 0 bridgehead atoms. The normalized spacial score (nSPS) is 39.5. The third-order valence-electron chi connectivity index (χ3n) is 5.13. The number of piperazine rings is 1. The fraction of sp³-hybridized carbons (Fsp3) is 1.00. The summed E-state index contributed by atoms with van der Waals surface area (Å²) in [6.45, 7) is 5.06. The molecule has 1 N–H and O–H groups in total. The van der Waals surface area contributed by atoms with E-state index in [1.165, 1.54) is 12.8 Å². The average molecular weight is 286 g/mol. The Labute approximate surface area is 116 Å². The average Bonchev–Trinajstić information content (AvgIpc) is 3.17. The first-order valence-electron chi connectivity index (χ1n) is 7.79. The number of hydrogen-bond acceptors (Lipinski definition) is 4. The van der Waals surface area contributed by atoms with Crippen molar-refractivity contribution in [2.75, 3.05) is 25.4 Å². The van der Waals surface area contributed by atoms with Crippen LogP contribution in [0.15, 0.2) is 0 Å². The van der Waals surface area contributed by atoms with Crippen LogP contribution in [0.25, 0.3) is 0 Å². The molecule has 3 aliphatic rings. The Morgan fingerprint density at radius 3 is 2.63 bits per heavy atom. The number of nitrogens with zero attached hydrogens (tertiary/aromatic N) is 1. The van der Waals surface area contributed by atoms with Crippen molar-refractivity contribution in [1.82, 2.24) is 10.2 Å². The minimum atomic E-state index is -2.80. The lowest BCUT2D eigenvalue weighted by atomic mass is 10.0. The Kier molecular flexibility index (Phi) is 3.89. The van der Waals surface area contributed by atoms with E-state index in [9.17, 15) is 8.42 Å². The van der Waals surface area contributed by atoms with E-state index in [0.29, 0.717) is 17.8 Å². The minimum absolute atomic E-state index is 0.0977. The second-order valence-electron chi connectivity index (χ2n) is 6.50. The second kappa shape index (κ2) is 5.34. The van der Waals surface area contributed by atoms with Crippen LogP contribution in [0.3, 0.4) is 0 Å². The lowest BCUT2D eigenvalue weighted by Crippen LogP contribution is -2.58. The second-order valence-corrected chi connectivity index (χ2v) is 8.90. The van der Waals surface area contributed by atoms with Crippen LogP contribution in [0.1, 0.15) is 39.0 Å². The lowest BCUT2D eigenvalue weighted by molar-refractivity contribution is 0.118. The summed E-state index contributed by atoms with van der Waals surface area (Å²) < 4.78 is 24.0. The molecule has 2 saturated heterocycles. The van der Waals surface area contributed by atoms with Crippen LogP contribution in [0.4, 0.5) is 0 Å². The summed E-state index contributed by atoms with van der Waals surface area (Å²) in [7, 11) is -2.80. The van der Waals surface area contributed by atoms with Crippen LogP contribution in [0.2, 0.25) is 0 Å². The SMILES string of the molecule is CCC1CNC(C2CC2)CN1CC1CCCS1(=O)=O. The fourth-order valence-electron chi connectivity index (χ4n) is 3.65. The molecule has 0 aromatic carbocycles. The molecule has 2 heterocycles. The van der Waals surface area contributed by atoms with Gasteiger partial charge in [0.2, 0.25) is 0 Å². The monoisotopic (exact) mass is 286 g/mol. The van der Waals surface area contributed by atoms with Crippen molar-refractivity contribution in [2.45, 2.75) is 56.4 Å². The van der Waals surface area contributed by atoms with Gasteiger partial charge in [-0.1, -0.05) is 6.92 Å². The molecule has 19 heavy (non-hydrogen) atoms. The summed E-state index contributed by atoms with van der Waals surface area (Å²) >= 11 is 0. The van der Waals surface area contributed by atoms with Gasteiger partial charge in [0.05, 0.1) is 11.0 Å². The van der Waals surface area contributed by atoms with E-state index in [1.54, 1.807) is 0 Å². The maximum Gasteiger partial charge on any atom is 0.154 e. The Morgan fingerprint density at radius 1 is 1.26 bits per heavy atom. The van der Waals surface area contributed by atoms with E-state index in [0.717, 1.165) is 44.8 Å². The van der Waals surface area contributed by atoms with Gasteiger partial charge in [0.1, 0.15) is 0 Å². The first-order chi connectivity index (χ1) is 9.10. The van der Waals surface area contributed by atoms with Crippen molar-refractivity contribution in [3.8, 4) is 0 Å². The topological polar surface area (TPSA) is 49.4 Å². The quantitative estimate of drug-likeness (QED) is 0.838. The van der Waals surface area contributed by atoms with Crippen LogP contribution < -0.4 is 5.32 Å². The van der Waals surface area contributed by atoms with E-state index in [4.69, 9.17) is 0 Å². The van der Waals surface area contributed by atoms with E-state index in [-0.39, 0.29) is 5.25 Å². The van der Waals surface area contributed by atoms with Gasteiger partial charge in [-0.05, 0) is 38.0 Å². The van der Waals surface area contributed by atoms with E-state index in [1.807, 2.05) is 0 Å². The minimum Gasteiger partial charge on any atom is -0.311 e. The number of hydrogen-bond donors (Lipinski definition) is 1. The van der Waals surface area contributed by atoms with Crippen LogP contribution in [-0.2, 0) is 9.84 Å². The zero-order valence-electron chi connectivity index (χ0n) is 11.8. The predicted octanol–water partition coefficient (Wildman–Crippen LogP) is 1.03. The molecule has 3 fully saturated rings. The summed E-state index contributed by atoms with van der Waals surface area (Å²) in [4.78, 5) is 2.47. The third kappa shape index (κ3) is 2.98. The van der Waals surface area contributed by atoms with Crippen molar-refractivity contribution in [1.29, 1.82) is 0 Å². The van der Waals surface area contributed by atoms with Crippen molar-refractivity contribution >= 4 is 9.84 Å². The van der Waals surface area contributed by atoms with Crippen LogP contribution in [0, 0.1) is 5.92 Å². The molecule has 0 aromatic heterocycles. The molecule has 3 atom stereocenters. The van der Waals surface area contributed by atoms with Gasteiger partial charge >= 0.3 is 0 Å². The van der Waals surface area contributed by atoms with Crippen molar-refractivity contribution < 1.29 is 8.42 Å². The molecule has 110 valence electrons. The summed E-state index contributed by atoms with van der Waals surface area (Å²) in [5, 5.41) is 3.57. The number of rotatable bonds is 4. The van der Waals surface area contributed by atoms with E-state index >= 15 is 0 Å². The highest BCUT2D eigenvalue weighted by atomic mass is 32.2. The molecule has 4 nitrogen and oxygen atoms in total. The molecule has 3 unspecified atom stereocenters. The molecule has 0 amide bonds. The molecule has 0 radical (unpaired) electrons. The maximum absolute atomic E-state index is 12.0. The molecule has 1 saturated carbocycles. The van der Waals surface area contributed by atoms with Crippen LogP contribution in [0.5, 0.6) is 0 Å². The van der Waals surface area contributed by atoms with Crippen molar-refractivity contribution in [3.63, 3.8) is 0 Å². The Hall–Kier alpha value is -0.130. The van der Waals surface area contributed by atoms with Gasteiger partial charge in [-0.15, -0.1) is 0 Å². The van der Waals surface area contributed by atoms with Gasteiger partial charge < -0.3 is 5.32 Å². The number of sulfone groups is 1. The molecular formula is C14H26N2O2S. The largest absolute Gasteiger partial charge is 0.311 e.